The summed E-state index contributed by atoms with van der Waals surface area (Å²) in [6.45, 7) is 12.1. The fraction of sp³-hybridized carbons (Fsp3) is 0.892. The number of esters is 1. The monoisotopic (exact) mass is 663 g/mol. The zero-order valence-corrected chi connectivity index (χ0v) is 29.4. The molecule has 10 heteroatoms. The van der Waals surface area contributed by atoms with Crippen LogP contribution in [0.15, 0.2) is 11.6 Å². The highest BCUT2D eigenvalue weighted by atomic mass is 16.7. The number of hydrogen-bond donors (Lipinski definition) is 5. The van der Waals surface area contributed by atoms with Crippen LogP contribution in [0.25, 0.3) is 0 Å². The first kappa shape index (κ1) is 36.7. The van der Waals surface area contributed by atoms with E-state index in [0.717, 1.165) is 64.2 Å². The number of fused-ring (bicyclic) bond motifs is 5. The lowest BCUT2D eigenvalue weighted by Gasteiger charge is -2.59. The smallest absolute Gasteiger partial charge is 0.302 e. The van der Waals surface area contributed by atoms with Crippen LogP contribution in [-0.2, 0) is 23.8 Å². The maximum Gasteiger partial charge on any atom is 0.302 e. The maximum atomic E-state index is 12.2. The van der Waals surface area contributed by atoms with Crippen LogP contribution in [0, 0.1) is 46.3 Å². The molecule has 0 aromatic rings. The van der Waals surface area contributed by atoms with Gasteiger partial charge in [-0.25, -0.2) is 0 Å². The van der Waals surface area contributed by atoms with Crippen molar-refractivity contribution in [2.75, 3.05) is 13.2 Å². The molecule has 5 aliphatic rings. The van der Waals surface area contributed by atoms with Gasteiger partial charge in [-0.15, -0.1) is 0 Å². The van der Waals surface area contributed by atoms with Crippen LogP contribution in [0.2, 0.25) is 0 Å². The Balaban J connectivity index is 1.41. The topological polar surface area (TPSA) is 155 Å². The van der Waals surface area contributed by atoms with Crippen molar-refractivity contribution in [1.82, 2.24) is 5.32 Å². The minimum absolute atomic E-state index is 0.0111. The third-order valence-electron chi connectivity index (χ3n) is 13.3. The van der Waals surface area contributed by atoms with E-state index in [1.165, 1.54) is 19.4 Å². The lowest BCUT2D eigenvalue weighted by atomic mass is 9.46. The van der Waals surface area contributed by atoms with Crippen molar-refractivity contribution in [2.45, 2.75) is 149 Å². The third-order valence-corrected chi connectivity index (χ3v) is 13.3. The summed E-state index contributed by atoms with van der Waals surface area (Å²) >= 11 is 0. The van der Waals surface area contributed by atoms with E-state index in [1.54, 1.807) is 0 Å². The van der Waals surface area contributed by atoms with Gasteiger partial charge < -0.3 is 40.0 Å². The Hall–Kier alpha value is -1.56. The largest absolute Gasteiger partial charge is 0.466 e. The Morgan fingerprint density at radius 1 is 1.09 bits per heavy atom. The number of hydrogen-bond acceptors (Lipinski definition) is 9. The van der Waals surface area contributed by atoms with Crippen LogP contribution >= 0.6 is 0 Å². The second-order valence-electron chi connectivity index (χ2n) is 16.4. The van der Waals surface area contributed by atoms with Crippen molar-refractivity contribution >= 4 is 11.9 Å². The molecule has 1 heterocycles. The van der Waals surface area contributed by atoms with E-state index in [4.69, 9.17) is 14.2 Å². The molecule has 2 unspecified atom stereocenters. The van der Waals surface area contributed by atoms with Gasteiger partial charge in [0.05, 0.1) is 25.4 Å². The Kier molecular flexibility index (Phi) is 11.5. The van der Waals surface area contributed by atoms with E-state index < -0.39 is 37.3 Å². The molecule has 47 heavy (non-hydrogen) atoms. The molecular formula is C37H61NO9. The standard InChI is InChI=1S/C37H61NO9/c1-20(19-45-23(4)41)8-7-9-21(2)28-17-29(46-35-32(38-22(3)40)34(44)33(43)30(18-39)47-35)31-26-11-10-24-16-25(42)12-14-36(24,5)27(26)13-15-37(28,31)6/h10,20-21,25-35,39,42-44H,7-9,11-19H2,1-6H3,(H,38,40)/t20-,21-,25-,26-,27?,28-,29+,30-,31?,32-,33-,34-,35-,36+,37-/m1/s1. The van der Waals surface area contributed by atoms with Crippen molar-refractivity contribution in [3.8, 4) is 0 Å². The summed E-state index contributed by atoms with van der Waals surface area (Å²) in [4.78, 5) is 23.5. The fourth-order valence-corrected chi connectivity index (χ4v) is 10.8. The summed E-state index contributed by atoms with van der Waals surface area (Å²) in [6.07, 6.45) is 6.86. The Labute approximate surface area is 281 Å². The highest BCUT2D eigenvalue weighted by Crippen LogP contribution is 2.68. The second kappa shape index (κ2) is 14.7. The highest BCUT2D eigenvalue weighted by molar-refractivity contribution is 5.73. The molecule has 0 spiro atoms. The Morgan fingerprint density at radius 3 is 2.51 bits per heavy atom. The SMILES string of the molecule is CC(=O)N[C@H]1[C@H](O[C@H]2C[C@H]([C@H](C)CCC[C@@H](C)COC(C)=O)[C@@]3(C)CCC4[C@@H](CC=C5C[C@H](O)CC[C@@]54C)C23)O[C@H](CO)[C@@H](O)[C@@H]1O. The lowest BCUT2D eigenvalue weighted by Crippen LogP contribution is -2.65. The number of amides is 1. The minimum atomic E-state index is -1.36. The first-order valence-corrected chi connectivity index (χ1v) is 18.3. The molecule has 0 radical (unpaired) electrons. The number of carbonyl (C=O) groups is 2. The van der Waals surface area contributed by atoms with Gasteiger partial charge in [0.1, 0.15) is 24.4 Å². The second-order valence-corrected chi connectivity index (χ2v) is 16.4. The molecule has 1 aliphatic heterocycles. The predicted octanol–water partition coefficient (Wildman–Crippen LogP) is 3.87. The summed E-state index contributed by atoms with van der Waals surface area (Å²) in [6, 6.07) is -0.971. The van der Waals surface area contributed by atoms with E-state index in [0.29, 0.717) is 36.2 Å². The quantitative estimate of drug-likeness (QED) is 0.164. The van der Waals surface area contributed by atoms with Crippen LogP contribution in [0.1, 0.15) is 106 Å². The highest BCUT2D eigenvalue weighted by Gasteiger charge is 2.63. The van der Waals surface area contributed by atoms with Crippen LogP contribution in [-0.4, -0.2) is 88.4 Å². The van der Waals surface area contributed by atoms with Gasteiger partial charge >= 0.3 is 5.97 Å². The zero-order chi connectivity index (χ0) is 34.3. The molecular weight excluding hydrogens is 602 g/mol. The van der Waals surface area contributed by atoms with Crippen molar-refractivity contribution in [3.05, 3.63) is 11.6 Å². The number of aliphatic hydroxyl groups is 4. The third kappa shape index (κ3) is 7.34. The molecule has 4 fully saturated rings. The average molecular weight is 664 g/mol. The molecule has 1 amide bonds. The molecule has 5 N–H and O–H groups in total. The lowest BCUT2D eigenvalue weighted by molar-refractivity contribution is -0.289. The van der Waals surface area contributed by atoms with Crippen LogP contribution < -0.4 is 5.32 Å². The number of aliphatic hydroxyl groups excluding tert-OH is 4. The van der Waals surface area contributed by atoms with Gasteiger partial charge in [0.15, 0.2) is 6.29 Å². The van der Waals surface area contributed by atoms with Gasteiger partial charge in [-0.05, 0) is 97.7 Å². The molecule has 10 nitrogen and oxygen atoms in total. The first-order valence-electron chi connectivity index (χ1n) is 18.3. The van der Waals surface area contributed by atoms with E-state index >= 15 is 0 Å². The van der Waals surface area contributed by atoms with Gasteiger partial charge in [0, 0.05) is 13.8 Å². The van der Waals surface area contributed by atoms with E-state index in [9.17, 15) is 30.0 Å². The first-order chi connectivity index (χ1) is 22.2. The van der Waals surface area contributed by atoms with Gasteiger partial charge in [0.2, 0.25) is 5.91 Å². The van der Waals surface area contributed by atoms with Crippen LogP contribution in [0.3, 0.4) is 0 Å². The van der Waals surface area contributed by atoms with Gasteiger partial charge in [0.25, 0.3) is 0 Å². The van der Waals surface area contributed by atoms with Crippen molar-refractivity contribution in [3.63, 3.8) is 0 Å². The average Bonchev–Trinajstić information content (AvgIpc) is 3.31. The van der Waals surface area contributed by atoms with Crippen molar-refractivity contribution in [2.24, 2.45) is 46.3 Å². The molecule has 15 atom stereocenters. The molecule has 0 bridgehead atoms. The summed E-state index contributed by atoms with van der Waals surface area (Å²) in [5, 5.41) is 44.9. The van der Waals surface area contributed by atoms with Crippen LogP contribution in [0.5, 0.6) is 0 Å². The van der Waals surface area contributed by atoms with Gasteiger partial charge in [-0.1, -0.05) is 52.2 Å². The predicted molar refractivity (Wildman–Crippen MR) is 176 cm³/mol. The molecule has 0 aromatic carbocycles. The summed E-state index contributed by atoms with van der Waals surface area (Å²) in [5.74, 6) is 1.60. The summed E-state index contributed by atoms with van der Waals surface area (Å²) in [7, 11) is 0. The van der Waals surface area contributed by atoms with Gasteiger partial charge in [-0.2, -0.15) is 0 Å². The molecule has 268 valence electrons. The number of ether oxygens (including phenoxy) is 3. The molecule has 0 aromatic heterocycles. The zero-order valence-electron chi connectivity index (χ0n) is 29.4. The Bertz CT molecular complexity index is 1150. The number of nitrogens with one attached hydrogen (secondary N) is 1. The van der Waals surface area contributed by atoms with Crippen molar-refractivity contribution < 1.29 is 44.2 Å². The Morgan fingerprint density at radius 2 is 1.83 bits per heavy atom. The normalized spacial score (nSPS) is 44.3. The molecule has 1 saturated heterocycles. The van der Waals surface area contributed by atoms with Crippen molar-refractivity contribution in [1.29, 1.82) is 0 Å². The maximum absolute atomic E-state index is 12.2. The van der Waals surface area contributed by atoms with E-state index in [1.807, 2.05) is 0 Å². The molecule has 4 aliphatic carbocycles. The number of rotatable bonds is 11. The number of allylic oxidation sites excluding steroid dienone is 1. The number of carbonyl (C=O) groups excluding carboxylic acids is 2. The summed E-state index contributed by atoms with van der Waals surface area (Å²) in [5.41, 5.74) is 1.48. The summed E-state index contributed by atoms with van der Waals surface area (Å²) < 4.78 is 18.3. The fourth-order valence-electron chi connectivity index (χ4n) is 10.8. The molecule has 5 rings (SSSR count). The molecule has 3 saturated carbocycles. The van der Waals surface area contributed by atoms with E-state index in [-0.39, 0.29) is 40.8 Å². The van der Waals surface area contributed by atoms with E-state index in [2.05, 4.69) is 39.1 Å². The van der Waals surface area contributed by atoms with Crippen LogP contribution in [0.4, 0.5) is 0 Å². The van der Waals surface area contributed by atoms with Gasteiger partial charge in [-0.3, -0.25) is 9.59 Å². The minimum Gasteiger partial charge on any atom is -0.466 e.